The van der Waals surface area contributed by atoms with Crippen LogP contribution in [0.25, 0.3) is 0 Å². The Bertz CT molecular complexity index is 1300. The van der Waals surface area contributed by atoms with Crippen molar-refractivity contribution in [2.45, 2.75) is 24.5 Å². The van der Waals surface area contributed by atoms with Crippen LogP contribution in [0.1, 0.15) is 23.7 Å². The Labute approximate surface area is 221 Å². The van der Waals surface area contributed by atoms with Crippen LogP contribution < -0.4 is 18.9 Å². The number of rotatable bonds is 9. The fourth-order valence-corrected chi connectivity index (χ4v) is 5.15. The summed E-state index contributed by atoms with van der Waals surface area (Å²) in [6.07, 6.45) is 3.64. The average molecular weight is 523 g/mol. The number of carbonyl (C=O) groups is 1. The fourth-order valence-electron chi connectivity index (χ4n) is 5.15. The maximum absolute atomic E-state index is 13.6. The highest BCUT2D eigenvalue weighted by Crippen LogP contribution is 2.48. The van der Waals surface area contributed by atoms with Gasteiger partial charge in [-0.3, -0.25) is 0 Å². The van der Waals surface area contributed by atoms with Crippen LogP contribution in [0.4, 0.5) is 0 Å². The highest BCUT2D eigenvalue weighted by molar-refractivity contribution is 5.95. The third kappa shape index (κ3) is 4.32. The highest BCUT2D eigenvalue weighted by Gasteiger charge is 2.49. The van der Waals surface area contributed by atoms with Crippen LogP contribution in [0.15, 0.2) is 71.2 Å². The number of hydrogen-bond donors (Lipinski definition) is 0. The Hall–Kier alpha value is -4.11. The zero-order valence-electron chi connectivity index (χ0n) is 22.0. The summed E-state index contributed by atoms with van der Waals surface area (Å²) < 4.78 is 45.2. The standard InChI is InChI=1S/C29H30O9/c1-31-19-8-6-18(7-9-19)26-20(12-17-13-22(32-2)27(34-4)23(14-17)33-3)25(28(30)38-26)29(35-5)11-10-21-24(15-29)37-16-36-21/h6-11,13-14,26H,12,15-16H2,1-5H3. The molecule has 2 aliphatic heterocycles. The van der Waals surface area contributed by atoms with Crippen LogP contribution in [0.3, 0.4) is 0 Å². The molecule has 0 fully saturated rings. The summed E-state index contributed by atoms with van der Waals surface area (Å²) in [5, 5.41) is 0. The average Bonchev–Trinajstić information content (AvgIpc) is 3.55. The normalized spacial score (nSPS) is 22.0. The molecular formula is C29H30O9. The molecule has 2 aromatic carbocycles. The van der Waals surface area contributed by atoms with E-state index in [4.69, 9.17) is 37.9 Å². The Morgan fingerprint density at radius 3 is 2.24 bits per heavy atom. The van der Waals surface area contributed by atoms with Gasteiger partial charge in [-0.2, -0.15) is 0 Å². The van der Waals surface area contributed by atoms with Gasteiger partial charge in [-0.15, -0.1) is 0 Å². The minimum atomic E-state index is -1.10. The molecule has 3 aliphatic rings. The molecule has 200 valence electrons. The number of esters is 1. The van der Waals surface area contributed by atoms with Gasteiger partial charge in [-0.25, -0.2) is 4.79 Å². The monoisotopic (exact) mass is 522 g/mol. The van der Waals surface area contributed by atoms with E-state index in [9.17, 15) is 4.79 Å². The van der Waals surface area contributed by atoms with E-state index in [1.54, 1.807) is 41.6 Å². The first kappa shape index (κ1) is 25.5. The Kier molecular flexibility index (Phi) is 6.94. The van der Waals surface area contributed by atoms with Crippen LogP contribution in [-0.4, -0.2) is 53.9 Å². The molecule has 9 nitrogen and oxygen atoms in total. The second-order valence-corrected chi connectivity index (χ2v) is 8.97. The summed E-state index contributed by atoms with van der Waals surface area (Å²) in [6, 6.07) is 11.2. The van der Waals surface area contributed by atoms with Crippen LogP contribution in [0.2, 0.25) is 0 Å². The third-order valence-electron chi connectivity index (χ3n) is 7.04. The molecule has 0 spiro atoms. The lowest BCUT2D eigenvalue weighted by atomic mass is 9.80. The van der Waals surface area contributed by atoms with E-state index < -0.39 is 17.7 Å². The molecule has 0 radical (unpaired) electrons. The van der Waals surface area contributed by atoms with Crippen molar-refractivity contribution in [2.75, 3.05) is 42.3 Å². The predicted octanol–water partition coefficient (Wildman–Crippen LogP) is 4.42. The summed E-state index contributed by atoms with van der Waals surface area (Å²) in [6.45, 7) is 0.130. The molecule has 0 saturated heterocycles. The molecular weight excluding hydrogens is 492 g/mol. The quantitative estimate of drug-likeness (QED) is 0.444. The smallest absolute Gasteiger partial charge is 0.338 e. The molecule has 0 bridgehead atoms. The molecule has 0 N–H and O–H groups in total. The van der Waals surface area contributed by atoms with Crippen molar-refractivity contribution >= 4 is 5.97 Å². The lowest BCUT2D eigenvalue weighted by Gasteiger charge is -2.32. The number of methoxy groups -OCH3 is 5. The predicted molar refractivity (Wildman–Crippen MR) is 136 cm³/mol. The van der Waals surface area contributed by atoms with Crippen molar-refractivity contribution in [3.05, 3.63) is 82.3 Å². The van der Waals surface area contributed by atoms with Crippen molar-refractivity contribution in [3.8, 4) is 23.0 Å². The molecule has 2 atom stereocenters. The van der Waals surface area contributed by atoms with E-state index in [1.807, 2.05) is 42.5 Å². The molecule has 2 heterocycles. The Balaban J connectivity index is 1.65. The van der Waals surface area contributed by atoms with Gasteiger partial charge in [-0.1, -0.05) is 12.1 Å². The van der Waals surface area contributed by atoms with Gasteiger partial charge in [0.1, 0.15) is 23.2 Å². The topological polar surface area (TPSA) is 90.9 Å². The molecule has 9 heteroatoms. The van der Waals surface area contributed by atoms with Gasteiger partial charge >= 0.3 is 5.97 Å². The summed E-state index contributed by atoms with van der Waals surface area (Å²) >= 11 is 0. The van der Waals surface area contributed by atoms with E-state index in [0.29, 0.717) is 52.9 Å². The van der Waals surface area contributed by atoms with E-state index in [0.717, 1.165) is 16.7 Å². The van der Waals surface area contributed by atoms with Gasteiger partial charge in [0.15, 0.2) is 17.3 Å². The van der Waals surface area contributed by atoms with Gasteiger partial charge in [-0.05, 0) is 59.5 Å². The summed E-state index contributed by atoms with van der Waals surface area (Å²) in [5.41, 5.74) is 1.73. The van der Waals surface area contributed by atoms with Gasteiger partial charge in [0, 0.05) is 13.5 Å². The molecule has 2 unspecified atom stereocenters. The molecule has 1 aliphatic carbocycles. The van der Waals surface area contributed by atoms with Crippen LogP contribution in [0, 0.1) is 0 Å². The lowest BCUT2D eigenvalue weighted by molar-refractivity contribution is -0.142. The summed E-state index contributed by atoms with van der Waals surface area (Å²) in [7, 11) is 7.86. The van der Waals surface area contributed by atoms with Gasteiger partial charge in [0.05, 0.1) is 34.0 Å². The van der Waals surface area contributed by atoms with E-state index >= 15 is 0 Å². The lowest BCUT2D eigenvalue weighted by Crippen LogP contribution is -2.37. The van der Waals surface area contributed by atoms with Crippen LogP contribution >= 0.6 is 0 Å². The van der Waals surface area contributed by atoms with Crippen molar-refractivity contribution in [1.29, 1.82) is 0 Å². The van der Waals surface area contributed by atoms with Gasteiger partial charge in [0.25, 0.3) is 0 Å². The first-order valence-corrected chi connectivity index (χ1v) is 12.1. The first-order chi connectivity index (χ1) is 18.5. The van der Waals surface area contributed by atoms with Crippen molar-refractivity contribution in [2.24, 2.45) is 0 Å². The van der Waals surface area contributed by atoms with E-state index in [2.05, 4.69) is 0 Å². The number of benzene rings is 2. The van der Waals surface area contributed by atoms with Gasteiger partial charge < -0.3 is 37.9 Å². The van der Waals surface area contributed by atoms with Crippen LogP contribution in [0.5, 0.6) is 23.0 Å². The molecule has 2 aromatic rings. The zero-order chi connectivity index (χ0) is 26.9. The van der Waals surface area contributed by atoms with E-state index in [1.165, 1.54) is 0 Å². The minimum absolute atomic E-state index is 0.130. The number of ether oxygens (including phenoxy) is 8. The van der Waals surface area contributed by atoms with Crippen LogP contribution in [-0.2, 0) is 30.2 Å². The Morgan fingerprint density at radius 2 is 1.63 bits per heavy atom. The maximum atomic E-state index is 13.6. The molecule has 0 saturated carbocycles. The summed E-state index contributed by atoms with van der Waals surface area (Å²) in [5.74, 6) is 3.04. The van der Waals surface area contributed by atoms with Crippen molar-refractivity contribution in [1.82, 2.24) is 0 Å². The largest absolute Gasteiger partial charge is 0.497 e. The fraction of sp³-hybridized carbons (Fsp3) is 0.345. The SMILES string of the molecule is COc1ccc(C2OC(=O)C(C3(OC)C=CC4=C(C3)OCO4)=C2Cc2cc(OC)c(OC)c(OC)c2)cc1. The van der Waals surface area contributed by atoms with Crippen molar-refractivity contribution in [3.63, 3.8) is 0 Å². The molecule has 38 heavy (non-hydrogen) atoms. The Morgan fingerprint density at radius 1 is 0.921 bits per heavy atom. The number of hydrogen-bond acceptors (Lipinski definition) is 9. The minimum Gasteiger partial charge on any atom is -0.497 e. The number of allylic oxidation sites excluding steroid dienone is 1. The summed E-state index contributed by atoms with van der Waals surface area (Å²) in [4.78, 5) is 13.6. The number of cyclic esters (lactones) is 1. The molecule has 0 amide bonds. The zero-order valence-corrected chi connectivity index (χ0v) is 22.0. The van der Waals surface area contributed by atoms with Crippen molar-refractivity contribution < 1.29 is 42.7 Å². The number of carbonyl (C=O) groups excluding carboxylic acids is 1. The maximum Gasteiger partial charge on any atom is 0.338 e. The third-order valence-corrected chi connectivity index (χ3v) is 7.04. The first-order valence-electron chi connectivity index (χ1n) is 12.1. The second-order valence-electron chi connectivity index (χ2n) is 8.97. The molecule has 0 aromatic heterocycles. The van der Waals surface area contributed by atoms with Gasteiger partial charge in [0.2, 0.25) is 12.5 Å². The van der Waals surface area contributed by atoms with E-state index in [-0.39, 0.29) is 6.79 Å². The second kappa shape index (κ2) is 10.3. The molecule has 5 rings (SSSR count). The highest BCUT2D eigenvalue weighted by atomic mass is 16.7.